The first-order chi connectivity index (χ1) is 8.65. The minimum absolute atomic E-state index is 0.0258. The third-order valence-corrected chi connectivity index (χ3v) is 4.21. The monoisotopic (exact) mass is 267 g/mol. The predicted octanol–water partition coefficient (Wildman–Crippen LogP) is 2.84. The van der Waals surface area contributed by atoms with Gasteiger partial charge in [-0.15, -0.1) is 0 Å². The van der Waals surface area contributed by atoms with Crippen molar-refractivity contribution >= 4 is 11.1 Å². The van der Waals surface area contributed by atoms with Crippen molar-refractivity contribution in [1.29, 1.82) is 0 Å². The molecule has 0 amide bonds. The Morgan fingerprint density at radius 2 is 2.17 bits per heavy atom. The predicted molar refractivity (Wildman–Crippen MR) is 71.6 cm³/mol. The van der Waals surface area contributed by atoms with Crippen molar-refractivity contribution in [1.82, 2.24) is 0 Å². The molecule has 0 spiro atoms. The van der Waals surface area contributed by atoms with Gasteiger partial charge in [0.1, 0.15) is 6.10 Å². The molecule has 4 unspecified atom stereocenters. The molecule has 3 nitrogen and oxygen atoms in total. The molecule has 4 heteroatoms. The quantitative estimate of drug-likeness (QED) is 0.583. The molecule has 0 aromatic carbocycles. The Balaban J connectivity index is 1.90. The highest BCUT2D eigenvalue weighted by Gasteiger charge is 2.18. The number of ether oxygens (including phenoxy) is 1. The maximum atomic E-state index is 10.8. The summed E-state index contributed by atoms with van der Waals surface area (Å²) >= 11 is -2.00. The van der Waals surface area contributed by atoms with Gasteiger partial charge in [0, 0.05) is 11.7 Å². The number of hydrogen-bond acceptors (Lipinski definition) is 3. The van der Waals surface area contributed by atoms with Crippen LogP contribution in [0.5, 0.6) is 0 Å². The first-order valence-electron chi connectivity index (χ1n) is 6.44. The van der Waals surface area contributed by atoms with Crippen molar-refractivity contribution in [2.75, 3.05) is 0 Å². The fourth-order valence-corrected chi connectivity index (χ4v) is 2.76. The van der Waals surface area contributed by atoms with Gasteiger partial charge in [-0.25, -0.2) is 0 Å². The fourth-order valence-electron chi connectivity index (χ4n) is 2.21. The van der Waals surface area contributed by atoms with Crippen molar-refractivity contribution in [3.05, 3.63) is 36.1 Å². The molecule has 0 heterocycles. The summed E-state index contributed by atoms with van der Waals surface area (Å²) < 4.78 is 27.6. The van der Waals surface area contributed by atoms with Crippen molar-refractivity contribution in [2.24, 2.45) is 5.92 Å². The Labute approximate surface area is 111 Å². The summed E-state index contributed by atoms with van der Waals surface area (Å²) in [5.41, 5.74) is 0. The van der Waals surface area contributed by atoms with Crippen LogP contribution in [0.3, 0.4) is 0 Å². The van der Waals surface area contributed by atoms with E-state index in [-0.39, 0.29) is 11.4 Å². The third-order valence-electron chi connectivity index (χ3n) is 3.33. The second-order valence-corrected chi connectivity index (χ2v) is 6.06. The lowest BCUT2D eigenvalue weighted by molar-refractivity contribution is 0.137. The standard InChI is InChI=1S/C14H20O3S/c1-11-3-2-4-12(6-5-11)17-13-7-9-14(10-8-13)18(15)16/h2-3,6-7,9,11,13-14H,4-5,8,10H2,1H3,(H,15,16)/p-1. The molecule has 0 aliphatic heterocycles. The van der Waals surface area contributed by atoms with Crippen LogP contribution in [-0.4, -0.2) is 20.1 Å². The molecule has 0 radical (unpaired) electrons. The summed E-state index contributed by atoms with van der Waals surface area (Å²) in [5, 5.41) is -0.340. The van der Waals surface area contributed by atoms with Crippen molar-refractivity contribution in [3.8, 4) is 0 Å². The Bertz CT molecular complexity index is 398. The molecule has 0 N–H and O–H groups in total. The summed E-state index contributed by atoms with van der Waals surface area (Å²) in [6, 6.07) is 0. The second kappa shape index (κ2) is 6.34. The number of allylic oxidation sites excluding steroid dienone is 3. The Morgan fingerprint density at radius 1 is 1.33 bits per heavy atom. The minimum atomic E-state index is -2.00. The van der Waals surface area contributed by atoms with Gasteiger partial charge in [0.15, 0.2) is 0 Å². The average molecular weight is 267 g/mol. The van der Waals surface area contributed by atoms with Gasteiger partial charge in [-0.05, 0) is 48.4 Å². The summed E-state index contributed by atoms with van der Waals surface area (Å²) in [5.74, 6) is 1.58. The van der Waals surface area contributed by atoms with Gasteiger partial charge >= 0.3 is 0 Å². The molecular formula is C14H19O3S-. The smallest absolute Gasteiger partial charge is 0.116 e. The maximum Gasteiger partial charge on any atom is 0.116 e. The molecule has 0 saturated heterocycles. The van der Waals surface area contributed by atoms with E-state index in [4.69, 9.17) is 4.74 Å². The highest BCUT2D eigenvalue weighted by atomic mass is 32.2. The van der Waals surface area contributed by atoms with Crippen molar-refractivity contribution in [2.45, 2.75) is 44.0 Å². The molecule has 2 aliphatic carbocycles. The molecule has 0 aromatic heterocycles. The van der Waals surface area contributed by atoms with Crippen molar-refractivity contribution in [3.63, 3.8) is 0 Å². The van der Waals surface area contributed by atoms with E-state index in [1.54, 1.807) is 6.08 Å². The van der Waals surface area contributed by atoms with E-state index >= 15 is 0 Å². The molecule has 0 bridgehead atoms. The summed E-state index contributed by atoms with van der Waals surface area (Å²) in [4.78, 5) is 0. The molecule has 0 fully saturated rings. The van der Waals surface area contributed by atoms with Gasteiger partial charge in [-0.1, -0.05) is 25.2 Å². The maximum absolute atomic E-state index is 10.8. The molecule has 0 saturated carbocycles. The molecule has 4 atom stereocenters. The van der Waals surface area contributed by atoms with Gasteiger partial charge in [-0.2, -0.15) is 0 Å². The summed E-state index contributed by atoms with van der Waals surface area (Å²) in [7, 11) is 0. The fraction of sp³-hybridized carbons (Fsp3) is 0.571. The Kier molecular flexibility index (Phi) is 4.78. The van der Waals surface area contributed by atoms with E-state index in [9.17, 15) is 8.76 Å². The number of rotatable bonds is 3. The molecule has 18 heavy (non-hydrogen) atoms. The van der Waals surface area contributed by atoms with Crippen LogP contribution in [0, 0.1) is 5.92 Å². The molecule has 100 valence electrons. The SMILES string of the molecule is CC1C=CCC(OC2C=CC(S(=O)[O-])CC2)=CC1. The van der Waals surface area contributed by atoms with Crippen LogP contribution in [0.25, 0.3) is 0 Å². The van der Waals surface area contributed by atoms with Crippen LogP contribution >= 0.6 is 0 Å². The van der Waals surface area contributed by atoms with Gasteiger partial charge in [-0.3, -0.25) is 4.21 Å². The van der Waals surface area contributed by atoms with Gasteiger partial charge in [0.05, 0.1) is 5.76 Å². The second-order valence-electron chi connectivity index (χ2n) is 4.93. The van der Waals surface area contributed by atoms with Crippen LogP contribution in [-0.2, 0) is 15.8 Å². The largest absolute Gasteiger partial charge is 0.772 e. The zero-order chi connectivity index (χ0) is 13.0. The highest BCUT2D eigenvalue weighted by molar-refractivity contribution is 7.80. The topological polar surface area (TPSA) is 49.4 Å². The van der Waals surface area contributed by atoms with E-state index in [0.29, 0.717) is 12.3 Å². The minimum Gasteiger partial charge on any atom is -0.772 e. The van der Waals surface area contributed by atoms with Gasteiger partial charge in [0.2, 0.25) is 0 Å². The zero-order valence-corrected chi connectivity index (χ0v) is 11.4. The average Bonchev–Trinajstić information content (AvgIpc) is 2.55. The molecule has 2 aliphatic rings. The van der Waals surface area contributed by atoms with E-state index in [0.717, 1.165) is 25.0 Å². The Hall–Kier alpha value is -0.870. The van der Waals surface area contributed by atoms with Crippen LogP contribution in [0.4, 0.5) is 0 Å². The zero-order valence-electron chi connectivity index (χ0n) is 10.6. The Morgan fingerprint density at radius 3 is 2.83 bits per heavy atom. The van der Waals surface area contributed by atoms with Gasteiger partial charge in [0.25, 0.3) is 0 Å². The molecular weight excluding hydrogens is 248 g/mol. The van der Waals surface area contributed by atoms with Crippen LogP contribution in [0.2, 0.25) is 0 Å². The highest BCUT2D eigenvalue weighted by Crippen LogP contribution is 2.23. The van der Waals surface area contributed by atoms with E-state index in [1.807, 2.05) is 6.08 Å². The molecule has 2 rings (SSSR count). The lowest BCUT2D eigenvalue weighted by Gasteiger charge is -2.25. The van der Waals surface area contributed by atoms with E-state index in [2.05, 4.69) is 25.2 Å². The number of hydrogen-bond donors (Lipinski definition) is 0. The van der Waals surface area contributed by atoms with Gasteiger partial charge < -0.3 is 9.29 Å². The molecule has 0 aromatic rings. The van der Waals surface area contributed by atoms with Crippen LogP contribution in [0.1, 0.15) is 32.6 Å². The van der Waals surface area contributed by atoms with E-state index < -0.39 is 11.1 Å². The van der Waals surface area contributed by atoms with Crippen LogP contribution in [0.15, 0.2) is 36.1 Å². The van der Waals surface area contributed by atoms with Crippen LogP contribution < -0.4 is 0 Å². The first-order valence-corrected chi connectivity index (χ1v) is 7.57. The lowest BCUT2D eigenvalue weighted by Crippen LogP contribution is -2.22. The first kappa shape index (κ1) is 13.6. The van der Waals surface area contributed by atoms with E-state index in [1.165, 1.54) is 0 Å². The summed E-state index contributed by atoms with van der Waals surface area (Å²) in [6.45, 7) is 2.19. The summed E-state index contributed by atoms with van der Waals surface area (Å²) in [6.07, 6.45) is 13.4. The third kappa shape index (κ3) is 3.82. The normalized spacial score (nSPS) is 33.7. The lowest BCUT2D eigenvalue weighted by atomic mass is 10.0. The van der Waals surface area contributed by atoms with Crippen molar-refractivity contribution < 1.29 is 13.5 Å².